The van der Waals surface area contributed by atoms with Gasteiger partial charge in [0.2, 0.25) is 0 Å². The van der Waals surface area contributed by atoms with E-state index in [0.717, 1.165) is 28.9 Å². The molecule has 2 nitrogen and oxygen atoms in total. The van der Waals surface area contributed by atoms with Crippen LogP contribution in [0.2, 0.25) is 4.34 Å². The van der Waals surface area contributed by atoms with Gasteiger partial charge in [-0.2, -0.15) is 0 Å². The first kappa shape index (κ1) is 14.2. The summed E-state index contributed by atoms with van der Waals surface area (Å²) in [5.41, 5.74) is 0.232. The topological polar surface area (TPSA) is 24.4 Å². The van der Waals surface area contributed by atoms with E-state index in [0.29, 0.717) is 0 Å². The average molecular weight is 303 g/mol. The number of halogens is 1. The second-order valence-electron chi connectivity index (χ2n) is 4.78. The molecule has 2 rings (SSSR count). The fraction of sp³-hybridized carbons (Fsp3) is 0.615. The molecule has 1 aromatic heterocycles. The maximum Gasteiger partial charge on any atom is 0.156 e. The molecule has 1 aliphatic heterocycles. The van der Waals surface area contributed by atoms with Crippen molar-refractivity contribution in [3.63, 3.8) is 0 Å². The van der Waals surface area contributed by atoms with Gasteiger partial charge in [0.1, 0.15) is 0 Å². The van der Waals surface area contributed by atoms with Gasteiger partial charge < -0.3 is 5.32 Å². The number of hydrogen-bond acceptors (Lipinski definition) is 3. The van der Waals surface area contributed by atoms with Gasteiger partial charge in [-0.25, -0.2) is 0 Å². The van der Waals surface area contributed by atoms with Gasteiger partial charge in [0.25, 0.3) is 0 Å². The fourth-order valence-corrected chi connectivity index (χ4v) is 4.16. The van der Waals surface area contributed by atoms with E-state index >= 15 is 0 Å². The minimum atomic E-state index is 0.232. The van der Waals surface area contributed by atoms with Gasteiger partial charge in [-0.1, -0.05) is 30.3 Å². The van der Waals surface area contributed by atoms with E-state index in [-0.39, 0.29) is 5.54 Å². The Balaban J connectivity index is 1.85. The van der Waals surface area contributed by atoms with Gasteiger partial charge in [0, 0.05) is 29.1 Å². The Labute approximate surface area is 122 Å². The lowest BCUT2D eigenvalue weighted by atomic mass is 9.96. The zero-order chi connectivity index (χ0) is 13.0. The fourth-order valence-electron chi connectivity index (χ4n) is 1.83. The van der Waals surface area contributed by atoms with Crippen LogP contribution in [0, 0.1) is 0 Å². The molecule has 1 saturated heterocycles. The molecule has 5 heteroatoms. The minimum absolute atomic E-state index is 0.232. The van der Waals surface area contributed by atoms with E-state index in [1.54, 1.807) is 11.3 Å². The predicted molar refractivity (Wildman–Crippen MR) is 84.2 cm³/mol. The van der Waals surface area contributed by atoms with Crippen LogP contribution in [-0.2, 0) is 6.42 Å². The van der Waals surface area contributed by atoms with Crippen molar-refractivity contribution in [3.8, 4) is 0 Å². The van der Waals surface area contributed by atoms with Crippen molar-refractivity contribution in [1.29, 1.82) is 0 Å². The molecular formula is C13H19ClN2S2. The summed E-state index contributed by atoms with van der Waals surface area (Å²) in [6, 6.07) is 4.04. The summed E-state index contributed by atoms with van der Waals surface area (Å²) in [7, 11) is 0. The number of thiophene rings is 1. The molecule has 1 N–H and O–H groups in total. The van der Waals surface area contributed by atoms with Crippen LogP contribution in [-0.4, -0.2) is 23.0 Å². The third-order valence-corrected chi connectivity index (χ3v) is 5.53. The molecule has 1 unspecified atom stereocenters. The SMILES string of the molecule is CCC1(C)CCSC(=NCCc2ccc(Cl)s2)N1. The van der Waals surface area contributed by atoms with Crippen LogP contribution < -0.4 is 5.32 Å². The molecule has 0 amide bonds. The van der Waals surface area contributed by atoms with E-state index in [1.807, 2.05) is 17.8 Å². The molecular weight excluding hydrogens is 284 g/mol. The summed E-state index contributed by atoms with van der Waals surface area (Å²) < 4.78 is 0.862. The standard InChI is InChI=1S/C13H19ClN2S2/c1-3-13(2)7-9-17-12(16-13)15-8-6-10-4-5-11(14)18-10/h4-5H,3,6-9H2,1-2H3,(H,15,16). The van der Waals surface area contributed by atoms with Crippen molar-refractivity contribution >= 4 is 39.9 Å². The normalized spacial score (nSPS) is 26.3. The van der Waals surface area contributed by atoms with Crippen LogP contribution in [0.5, 0.6) is 0 Å². The van der Waals surface area contributed by atoms with Gasteiger partial charge in [-0.15, -0.1) is 11.3 Å². The highest BCUT2D eigenvalue weighted by molar-refractivity contribution is 8.13. The number of thioether (sulfide) groups is 1. The number of nitrogens with zero attached hydrogens (tertiary/aromatic N) is 1. The van der Waals surface area contributed by atoms with Gasteiger partial charge in [0.15, 0.2) is 5.17 Å². The van der Waals surface area contributed by atoms with E-state index < -0.39 is 0 Å². The van der Waals surface area contributed by atoms with Crippen LogP contribution in [0.4, 0.5) is 0 Å². The molecule has 1 aliphatic rings. The summed E-state index contributed by atoms with van der Waals surface area (Å²) in [5.74, 6) is 1.17. The molecule has 100 valence electrons. The van der Waals surface area contributed by atoms with E-state index in [9.17, 15) is 0 Å². The average Bonchev–Trinajstić information content (AvgIpc) is 2.75. The Bertz CT molecular complexity index is 430. The second-order valence-corrected chi connectivity index (χ2v) is 7.66. The van der Waals surface area contributed by atoms with Gasteiger partial charge in [-0.3, -0.25) is 4.99 Å². The number of aliphatic imine (C=N–C) groups is 1. The van der Waals surface area contributed by atoms with Crippen molar-refractivity contribution in [2.75, 3.05) is 12.3 Å². The van der Waals surface area contributed by atoms with E-state index in [4.69, 9.17) is 11.6 Å². The second kappa shape index (κ2) is 6.31. The van der Waals surface area contributed by atoms with Crippen LogP contribution in [0.1, 0.15) is 31.6 Å². The summed E-state index contributed by atoms with van der Waals surface area (Å²) in [4.78, 5) is 5.97. The highest BCUT2D eigenvalue weighted by atomic mass is 35.5. The van der Waals surface area contributed by atoms with Crippen molar-refractivity contribution < 1.29 is 0 Å². The third-order valence-electron chi connectivity index (χ3n) is 3.32. The number of amidine groups is 1. The van der Waals surface area contributed by atoms with Crippen LogP contribution >= 0.6 is 34.7 Å². The lowest BCUT2D eigenvalue weighted by Gasteiger charge is -2.35. The predicted octanol–water partition coefficient (Wildman–Crippen LogP) is 4.20. The summed E-state index contributed by atoms with van der Waals surface area (Å²) in [6.07, 6.45) is 3.34. The Morgan fingerprint density at radius 3 is 3.00 bits per heavy atom. The maximum atomic E-state index is 5.91. The van der Waals surface area contributed by atoms with Crippen LogP contribution in [0.15, 0.2) is 17.1 Å². The molecule has 0 radical (unpaired) electrons. The molecule has 1 atom stereocenters. The number of hydrogen-bond donors (Lipinski definition) is 1. The smallest absolute Gasteiger partial charge is 0.156 e. The van der Waals surface area contributed by atoms with Crippen molar-refractivity contribution in [2.24, 2.45) is 4.99 Å². The lowest BCUT2D eigenvalue weighted by Crippen LogP contribution is -2.48. The first-order valence-electron chi connectivity index (χ1n) is 6.31. The Morgan fingerprint density at radius 1 is 1.50 bits per heavy atom. The zero-order valence-electron chi connectivity index (χ0n) is 10.8. The van der Waals surface area contributed by atoms with Crippen LogP contribution in [0.3, 0.4) is 0 Å². The van der Waals surface area contributed by atoms with Gasteiger partial charge in [-0.05, 0) is 31.9 Å². The molecule has 18 heavy (non-hydrogen) atoms. The number of nitrogens with one attached hydrogen (secondary N) is 1. The van der Waals surface area contributed by atoms with Gasteiger partial charge >= 0.3 is 0 Å². The Morgan fingerprint density at radius 2 is 2.33 bits per heavy atom. The first-order chi connectivity index (χ1) is 8.61. The Kier molecular flexibility index (Phi) is 4.98. The van der Waals surface area contributed by atoms with Crippen molar-refractivity contribution in [2.45, 2.75) is 38.6 Å². The van der Waals surface area contributed by atoms with Crippen LogP contribution in [0.25, 0.3) is 0 Å². The quantitative estimate of drug-likeness (QED) is 0.901. The molecule has 0 aromatic carbocycles. The maximum absolute atomic E-state index is 5.91. The largest absolute Gasteiger partial charge is 0.360 e. The molecule has 0 bridgehead atoms. The molecule has 0 spiro atoms. The molecule has 0 saturated carbocycles. The highest BCUT2D eigenvalue weighted by Crippen LogP contribution is 2.25. The van der Waals surface area contributed by atoms with Gasteiger partial charge in [0.05, 0.1) is 4.34 Å². The van der Waals surface area contributed by atoms with Crippen molar-refractivity contribution in [1.82, 2.24) is 5.32 Å². The minimum Gasteiger partial charge on any atom is -0.360 e. The zero-order valence-corrected chi connectivity index (χ0v) is 13.2. The molecule has 2 heterocycles. The molecule has 0 aliphatic carbocycles. The molecule has 1 aromatic rings. The summed E-state index contributed by atoms with van der Waals surface area (Å²) in [6.45, 7) is 5.35. The highest BCUT2D eigenvalue weighted by Gasteiger charge is 2.27. The number of rotatable bonds is 4. The third kappa shape index (κ3) is 3.90. The first-order valence-corrected chi connectivity index (χ1v) is 8.49. The monoisotopic (exact) mass is 302 g/mol. The lowest BCUT2D eigenvalue weighted by molar-refractivity contribution is 0.390. The molecule has 1 fully saturated rings. The van der Waals surface area contributed by atoms with E-state index in [1.165, 1.54) is 17.1 Å². The van der Waals surface area contributed by atoms with Crippen molar-refractivity contribution in [3.05, 3.63) is 21.3 Å². The Hall–Kier alpha value is -0.190. The summed E-state index contributed by atoms with van der Waals surface area (Å²) in [5, 5.41) is 4.67. The van der Waals surface area contributed by atoms with E-state index in [2.05, 4.69) is 30.2 Å². The summed E-state index contributed by atoms with van der Waals surface area (Å²) >= 11 is 9.40.